The van der Waals surface area contributed by atoms with Gasteiger partial charge in [0.25, 0.3) is 0 Å². The first-order valence-electron chi connectivity index (χ1n) is 3.25. The summed E-state index contributed by atoms with van der Waals surface area (Å²) < 4.78 is 0. The minimum absolute atomic E-state index is 0. The Kier molecular flexibility index (Phi) is 11.0. The fourth-order valence-electron chi connectivity index (χ4n) is 0.732. The average molecular weight is 196 g/mol. The van der Waals surface area contributed by atoms with E-state index in [-0.39, 0.29) is 62.0 Å². The normalized spacial score (nSPS) is 8.62. The average Bonchev–Trinajstić information content (AvgIpc) is 2.03. The molecule has 0 aromatic heterocycles. The summed E-state index contributed by atoms with van der Waals surface area (Å²) in [6, 6.07) is 9.31. The SMILES string of the molecule is O=C(O)/C=C/c1ccccc1.[H-].[H-].[Na+].[Na+]. The van der Waals surface area contributed by atoms with Gasteiger partial charge < -0.3 is 7.96 Å². The minimum atomic E-state index is -0.922. The molecule has 1 aromatic rings. The van der Waals surface area contributed by atoms with Crippen molar-refractivity contribution in [2.75, 3.05) is 0 Å². The predicted octanol–water partition coefficient (Wildman–Crippen LogP) is -3.98. The van der Waals surface area contributed by atoms with Crippen molar-refractivity contribution in [1.29, 1.82) is 0 Å². The van der Waals surface area contributed by atoms with Crippen molar-refractivity contribution in [3.63, 3.8) is 0 Å². The molecule has 0 amide bonds. The van der Waals surface area contributed by atoms with E-state index in [0.29, 0.717) is 0 Å². The molecule has 60 valence electrons. The van der Waals surface area contributed by atoms with E-state index in [1.54, 1.807) is 6.08 Å². The van der Waals surface area contributed by atoms with Crippen LogP contribution in [0.4, 0.5) is 0 Å². The number of carboxylic acid groups (broad SMARTS) is 1. The van der Waals surface area contributed by atoms with Crippen LogP contribution in [0.25, 0.3) is 6.08 Å². The van der Waals surface area contributed by atoms with Gasteiger partial charge in [0, 0.05) is 6.08 Å². The van der Waals surface area contributed by atoms with Gasteiger partial charge in [-0.1, -0.05) is 30.3 Å². The van der Waals surface area contributed by atoms with Crippen LogP contribution in [0, 0.1) is 0 Å². The summed E-state index contributed by atoms with van der Waals surface area (Å²) in [5.74, 6) is -0.922. The van der Waals surface area contributed by atoms with E-state index < -0.39 is 5.97 Å². The first kappa shape index (κ1) is 15.9. The van der Waals surface area contributed by atoms with Crippen molar-refractivity contribution >= 4 is 12.0 Å². The Morgan fingerprint density at radius 2 is 1.77 bits per heavy atom. The molecule has 1 aromatic carbocycles. The van der Waals surface area contributed by atoms with Crippen LogP contribution in [-0.4, -0.2) is 11.1 Å². The fraction of sp³-hybridized carbons (Fsp3) is 0. The third-order valence-electron chi connectivity index (χ3n) is 1.22. The van der Waals surface area contributed by atoms with Crippen LogP contribution < -0.4 is 59.1 Å². The molecule has 0 atom stereocenters. The first-order chi connectivity index (χ1) is 5.29. The van der Waals surface area contributed by atoms with Crippen molar-refractivity contribution < 1.29 is 71.9 Å². The maximum atomic E-state index is 10.1. The number of hydrogen-bond donors (Lipinski definition) is 1. The van der Waals surface area contributed by atoms with Gasteiger partial charge in [-0.05, 0) is 11.6 Å². The molecule has 2 nitrogen and oxygen atoms in total. The first-order valence-corrected chi connectivity index (χ1v) is 3.25. The van der Waals surface area contributed by atoms with E-state index in [2.05, 4.69) is 0 Å². The number of carboxylic acids is 1. The Morgan fingerprint density at radius 1 is 1.23 bits per heavy atom. The number of carbonyl (C=O) groups is 1. The Bertz CT molecular complexity index is 279. The minimum Gasteiger partial charge on any atom is -1.00 e. The molecule has 0 aliphatic rings. The summed E-state index contributed by atoms with van der Waals surface area (Å²) in [4.78, 5) is 10.1. The fourth-order valence-corrected chi connectivity index (χ4v) is 0.732. The topological polar surface area (TPSA) is 37.3 Å². The van der Waals surface area contributed by atoms with E-state index in [4.69, 9.17) is 5.11 Å². The quantitative estimate of drug-likeness (QED) is 0.387. The second-order valence-corrected chi connectivity index (χ2v) is 2.08. The Morgan fingerprint density at radius 3 is 2.23 bits per heavy atom. The number of hydrogen-bond acceptors (Lipinski definition) is 1. The second kappa shape index (κ2) is 9.00. The molecule has 1 N–H and O–H groups in total. The van der Waals surface area contributed by atoms with Gasteiger partial charge in [-0.2, -0.15) is 0 Å². The van der Waals surface area contributed by atoms with Gasteiger partial charge >= 0.3 is 65.1 Å². The van der Waals surface area contributed by atoms with E-state index in [1.165, 1.54) is 0 Å². The molecule has 0 saturated heterocycles. The molecule has 0 bridgehead atoms. The maximum absolute atomic E-state index is 10.1. The van der Waals surface area contributed by atoms with Crippen LogP contribution in [-0.2, 0) is 4.79 Å². The predicted molar refractivity (Wildman–Crippen MR) is 45.3 cm³/mol. The third-order valence-corrected chi connectivity index (χ3v) is 1.22. The van der Waals surface area contributed by atoms with Crippen LogP contribution in [0.15, 0.2) is 36.4 Å². The molecule has 13 heavy (non-hydrogen) atoms. The van der Waals surface area contributed by atoms with E-state index in [1.807, 2.05) is 30.3 Å². The van der Waals surface area contributed by atoms with Crippen LogP contribution in [0.5, 0.6) is 0 Å². The summed E-state index contributed by atoms with van der Waals surface area (Å²) in [7, 11) is 0. The van der Waals surface area contributed by atoms with E-state index in [9.17, 15) is 4.79 Å². The van der Waals surface area contributed by atoms with E-state index >= 15 is 0 Å². The zero-order valence-corrected chi connectivity index (χ0v) is 11.9. The molecule has 0 aliphatic heterocycles. The molecule has 0 fully saturated rings. The largest absolute Gasteiger partial charge is 1.00 e. The Hall–Kier alpha value is 0.430. The number of rotatable bonds is 2. The molecule has 0 unspecified atom stereocenters. The zero-order chi connectivity index (χ0) is 8.10. The van der Waals surface area contributed by atoms with Crippen molar-refractivity contribution in [3.05, 3.63) is 42.0 Å². The summed E-state index contributed by atoms with van der Waals surface area (Å²) in [5.41, 5.74) is 0.898. The molecule has 1 rings (SSSR count). The molecule has 4 heteroatoms. The van der Waals surface area contributed by atoms with E-state index in [0.717, 1.165) is 11.6 Å². The van der Waals surface area contributed by atoms with Gasteiger partial charge in [-0.15, -0.1) is 0 Å². The van der Waals surface area contributed by atoms with Crippen LogP contribution in [0.1, 0.15) is 8.42 Å². The molecule has 0 radical (unpaired) electrons. The number of benzene rings is 1. The summed E-state index contributed by atoms with van der Waals surface area (Å²) in [6.07, 6.45) is 2.68. The second-order valence-electron chi connectivity index (χ2n) is 2.08. The third kappa shape index (κ3) is 7.50. The van der Waals surface area contributed by atoms with Crippen LogP contribution >= 0.6 is 0 Å². The molecule has 0 heterocycles. The van der Waals surface area contributed by atoms with Gasteiger partial charge in [-0.3, -0.25) is 0 Å². The smallest absolute Gasteiger partial charge is 1.00 e. The van der Waals surface area contributed by atoms with Crippen molar-refractivity contribution in [1.82, 2.24) is 0 Å². The maximum Gasteiger partial charge on any atom is 1.00 e. The van der Waals surface area contributed by atoms with Gasteiger partial charge in [0.1, 0.15) is 0 Å². The summed E-state index contributed by atoms with van der Waals surface area (Å²) in [5, 5.41) is 8.29. The summed E-state index contributed by atoms with van der Waals surface area (Å²) >= 11 is 0. The monoisotopic (exact) mass is 196 g/mol. The van der Waals surface area contributed by atoms with Crippen molar-refractivity contribution in [2.24, 2.45) is 0 Å². The molecule has 0 spiro atoms. The molecular formula is C9H10Na2O2. The van der Waals surface area contributed by atoms with Crippen molar-refractivity contribution in [2.45, 2.75) is 0 Å². The van der Waals surface area contributed by atoms with Gasteiger partial charge in [0.2, 0.25) is 0 Å². The molecule has 0 saturated carbocycles. The van der Waals surface area contributed by atoms with Crippen LogP contribution in [0.3, 0.4) is 0 Å². The molecular weight excluding hydrogens is 186 g/mol. The standard InChI is InChI=1S/C9H8O2.2Na.2H/c10-9(11)7-6-8-4-2-1-3-5-8;;;;/h1-7H,(H,10,11);;;;/q;2*+1;2*-1/b7-6+;;;;. The Labute approximate surface area is 125 Å². The van der Waals surface area contributed by atoms with Gasteiger partial charge in [0.15, 0.2) is 0 Å². The number of aliphatic carboxylic acids is 1. The molecule has 0 aliphatic carbocycles. The van der Waals surface area contributed by atoms with Gasteiger partial charge in [-0.25, -0.2) is 4.79 Å². The Balaban J connectivity index is -0.000000151. The zero-order valence-electron chi connectivity index (χ0n) is 9.90. The summed E-state index contributed by atoms with van der Waals surface area (Å²) in [6.45, 7) is 0. The van der Waals surface area contributed by atoms with Crippen LogP contribution in [0.2, 0.25) is 0 Å². The van der Waals surface area contributed by atoms with Gasteiger partial charge in [0.05, 0.1) is 0 Å². The van der Waals surface area contributed by atoms with Crippen molar-refractivity contribution in [3.8, 4) is 0 Å².